The Balaban J connectivity index is 2.71. The lowest BCUT2D eigenvalue weighted by Gasteiger charge is -2.21. The van der Waals surface area contributed by atoms with E-state index in [2.05, 4.69) is 42.0 Å². The second kappa shape index (κ2) is 6.85. The van der Waals surface area contributed by atoms with Crippen molar-refractivity contribution in [2.75, 3.05) is 0 Å². The number of nitro groups is 1. The summed E-state index contributed by atoms with van der Waals surface area (Å²) in [6.45, 7) is 7.25. The Bertz CT molecular complexity index is 421. The number of rotatable bonds is 6. The van der Waals surface area contributed by atoms with Gasteiger partial charge in [0.25, 0.3) is 5.69 Å². The summed E-state index contributed by atoms with van der Waals surface area (Å²) < 4.78 is 0.780. The number of hydrogen-bond donors (Lipinski definition) is 1. The highest BCUT2D eigenvalue weighted by atomic mass is 79.9. The first-order chi connectivity index (χ1) is 8.45. The van der Waals surface area contributed by atoms with E-state index in [1.165, 1.54) is 6.07 Å². The maximum Gasteiger partial charge on any atom is 0.270 e. The van der Waals surface area contributed by atoms with E-state index >= 15 is 0 Å². The van der Waals surface area contributed by atoms with Crippen LogP contribution in [-0.2, 0) is 6.54 Å². The van der Waals surface area contributed by atoms with E-state index in [9.17, 15) is 10.1 Å². The summed E-state index contributed by atoms with van der Waals surface area (Å²) in [7, 11) is 0. The Morgan fingerprint density at radius 3 is 2.56 bits per heavy atom. The first-order valence-electron chi connectivity index (χ1n) is 6.11. The fourth-order valence-electron chi connectivity index (χ4n) is 1.89. The van der Waals surface area contributed by atoms with Gasteiger partial charge in [-0.25, -0.2) is 0 Å². The molecule has 0 saturated carbocycles. The molecule has 0 saturated heterocycles. The zero-order chi connectivity index (χ0) is 13.7. The molecule has 1 aromatic rings. The molecule has 0 amide bonds. The molecule has 1 unspecified atom stereocenters. The average Bonchev–Trinajstić information content (AvgIpc) is 2.30. The molecule has 0 aliphatic heterocycles. The third-order valence-electron chi connectivity index (χ3n) is 3.05. The van der Waals surface area contributed by atoms with Crippen LogP contribution in [-0.4, -0.2) is 11.0 Å². The number of nitro benzene ring substituents is 1. The Morgan fingerprint density at radius 2 is 2.11 bits per heavy atom. The van der Waals surface area contributed by atoms with Crippen molar-refractivity contribution in [1.82, 2.24) is 5.32 Å². The molecule has 1 atom stereocenters. The van der Waals surface area contributed by atoms with Crippen molar-refractivity contribution >= 4 is 21.6 Å². The minimum Gasteiger partial charge on any atom is -0.310 e. The maximum absolute atomic E-state index is 10.6. The second-order valence-corrected chi connectivity index (χ2v) is 5.53. The lowest BCUT2D eigenvalue weighted by Crippen LogP contribution is -2.32. The number of halogens is 1. The summed E-state index contributed by atoms with van der Waals surface area (Å²) in [5.74, 6) is 0.576. The van der Waals surface area contributed by atoms with Crippen molar-refractivity contribution in [1.29, 1.82) is 0 Å². The number of hydrogen-bond acceptors (Lipinski definition) is 3. The molecule has 0 aliphatic carbocycles. The van der Waals surface area contributed by atoms with Gasteiger partial charge in [-0.15, -0.1) is 0 Å². The van der Waals surface area contributed by atoms with Crippen molar-refractivity contribution in [3.63, 3.8) is 0 Å². The van der Waals surface area contributed by atoms with E-state index in [-0.39, 0.29) is 10.6 Å². The van der Waals surface area contributed by atoms with Crippen LogP contribution in [0.15, 0.2) is 22.7 Å². The Morgan fingerprint density at radius 1 is 1.44 bits per heavy atom. The molecular weight excluding hydrogens is 296 g/mol. The smallest absolute Gasteiger partial charge is 0.270 e. The predicted molar refractivity (Wildman–Crippen MR) is 76.6 cm³/mol. The molecular formula is C13H19BrN2O2. The third-order valence-corrected chi connectivity index (χ3v) is 3.78. The van der Waals surface area contributed by atoms with Crippen molar-refractivity contribution in [2.24, 2.45) is 5.92 Å². The summed E-state index contributed by atoms with van der Waals surface area (Å²) in [6, 6.07) is 5.35. The van der Waals surface area contributed by atoms with Crippen molar-refractivity contribution in [3.8, 4) is 0 Å². The predicted octanol–water partition coefficient (Wildman–Crippen LogP) is 3.88. The van der Waals surface area contributed by atoms with Gasteiger partial charge in [0.05, 0.1) is 4.92 Å². The molecule has 100 valence electrons. The molecule has 0 heterocycles. The van der Waals surface area contributed by atoms with Crippen molar-refractivity contribution < 1.29 is 4.92 Å². The van der Waals surface area contributed by atoms with Gasteiger partial charge < -0.3 is 5.32 Å². The van der Waals surface area contributed by atoms with Crippen LogP contribution in [0.3, 0.4) is 0 Å². The van der Waals surface area contributed by atoms with Gasteiger partial charge in [0.2, 0.25) is 0 Å². The zero-order valence-corrected chi connectivity index (χ0v) is 12.5. The number of nitrogens with one attached hydrogen (secondary N) is 1. The highest BCUT2D eigenvalue weighted by molar-refractivity contribution is 9.10. The molecule has 1 N–H and O–H groups in total. The van der Waals surface area contributed by atoms with Crippen LogP contribution in [0.2, 0.25) is 0 Å². The fourth-order valence-corrected chi connectivity index (χ4v) is 2.39. The molecule has 0 fully saturated rings. The highest BCUT2D eigenvalue weighted by Gasteiger charge is 2.12. The minimum atomic E-state index is -0.384. The van der Waals surface area contributed by atoms with Gasteiger partial charge in [-0.05, 0) is 24.0 Å². The first kappa shape index (κ1) is 15.1. The normalized spacial score (nSPS) is 12.7. The Kier molecular flexibility index (Phi) is 5.75. The zero-order valence-electron chi connectivity index (χ0n) is 10.9. The number of benzene rings is 1. The quantitative estimate of drug-likeness (QED) is 0.640. The van der Waals surface area contributed by atoms with Gasteiger partial charge in [-0.3, -0.25) is 10.1 Å². The van der Waals surface area contributed by atoms with Crippen LogP contribution < -0.4 is 5.32 Å². The summed E-state index contributed by atoms with van der Waals surface area (Å²) in [5.41, 5.74) is 1.15. The second-order valence-electron chi connectivity index (χ2n) is 4.67. The van der Waals surface area contributed by atoms with Gasteiger partial charge in [-0.2, -0.15) is 0 Å². The molecule has 0 aromatic heterocycles. The molecule has 0 bridgehead atoms. The van der Waals surface area contributed by atoms with Crippen molar-refractivity contribution in [2.45, 2.75) is 39.8 Å². The van der Waals surface area contributed by atoms with Gasteiger partial charge in [-0.1, -0.05) is 36.7 Å². The standard InChI is InChI=1S/C13H19BrN2O2/c1-4-13(9(2)3)15-8-10-5-6-11(16(17)18)7-12(10)14/h5-7,9,13,15H,4,8H2,1-3H3. The summed E-state index contributed by atoms with van der Waals surface area (Å²) >= 11 is 3.38. The van der Waals surface area contributed by atoms with E-state index in [0.29, 0.717) is 12.0 Å². The van der Waals surface area contributed by atoms with Crippen LogP contribution in [0.4, 0.5) is 5.69 Å². The van der Waals surface area contributed by atoms with Gasteiger partial charge >= 0.3 is 0 Å². The summed E-state index contributed by atoms with van der Waals surface area (Å²) in [6.07, 6.45) is 1.07. The molecule has 0 spiro atoms. The van der Waals surface area contributed by atoms with Crippen LogP contribution >= 0.6 is 15.9 Å². The molecule has 5 heteroatoms. The SMILES string of the molecule is CCC(NCc1ccc([N+](=O)[O-])cc1Br)C(C)C. The summed E-state index contributed by atoms with van der Waals surface area (Å²) in [4.78, 5) is 10.3. The highest BCUT2D eigenvalue weighted by Crippen LogP contribution is 2.23. The van der Waals surface area contributed by atoms with Gasteiger partial charge in [0.15, 0.2) is 0 Å². The van der Waals surface area contributed by atoms with Crippen LogP contribution in [0.1, 0.15) is 32.8 Å². The molecule has 18 heavy (non-hydrogen) atoms. The molecule has 4 nitrogen and oxygen atoms in total. The number of nitrogens with zero attached hydrogens (tertiary/aromatic N) is 1. The van der Waals surface area contributed by atoms with E-state index in [0.717, 1.165) is 23.0 Å². The monoisotopic (exact) mass is 314 g/mol. The lowest BCUT2D eigenvalue weighted by molar-refractivity contribution is -0.384. The Hall–Kier alpha value is -0.940. The van der Waals surface area contributed by atoms with Crippen molar-refractivity contribution in [3.05, 3.63) is 38.3 Å². The average molecular weight is 315 g/mol. The van der Waals surface area contributed by atoms with Crippen LogP contribution in [0.25, 0.3) is 0 Å². The van der Waals surface area contributed by atoms with Crippen LogP contribution in [0.5, 0.6) is 0 Å². The van der Waals surface area contributed by atoms with Gasteiger partial charge in [0.1, 0.15) is 0 Å². The van der Waals surface area contributed by atoms with E-state index in [1.807, 2.05) is 0 Å². The topological polar surface area (TPSA) is 55.2 Å². The van der Waals surface area contributed by atoms with Gasteiger partial charge in [0, 0.05) is 29.2 Å². The molecule has 1 rings (SSSR count). The molecule has 0 radical (unpaired) electrons. The lowest BCUT2D eigenvalue weighted by atomic mass is 10.0. The van der Waals surface area contributed by atoms with E-state index in [4.69, 9.17) is 0 Å². The summed E-state index contributed by atoms with van der Waals surface area (Å²) in [5, 5.41) is 14.1. The number of non-ortho nitro benzene ring substituents is 1. The minimum absolute atomic E-state index is 0.113. The van der Waals surface area contributed by atoms with E-state index in [1.54, 1.807) is 12.1 Å². The molecule has 0 aliphatic rings. The first-order valence-corrected chi connectivity index (χ1v) is 6.91. The van der Waals surface area contributed by atoms with E-state index < -0.39 is 0 Å². The third kappa shape index (κ3) is 4.07. The largest absolute Gasteiger partial charge is 0.310 e. The maximum atomic E-state index is 10.6. The fraction of sp³-hybridized carbons (Fsp3) is 0.538. The molecule has 1 aromatic carbocycles. The van der Waals surface area contributed by atoms with Crippen LogP contribution in [0, 0.1) is 16.0 Å². The Labute approximate surface area is 116 Å².